The molecule has 0 aliphatic carbocycles. The standard InChI is InChI=1S/C30H58ClNO14/c31-5-3-1-2-4-7-36-9-11-38-13-15-40-17-19-42-21-23-44-25-26-45-24-22-43-20-18-41-16-14-39-12-10-37-8-6-32-29(33)27-46-28-30(34)35/h1-28H2,(H,32,33)(H,34,35). The van der Waals surface area contributed by atoms with Crippen molar-refractivity contribution < 1.29 is 66.8 Å². The summed E-state index contributed by atoms with van der Waals surface area (Å²) >= 11 is 5.65. The maximum Gasteiger partial charge on any atom is 0.329 e. The first kappa shape index (κ1) is 44.8. The highest BCUT2D eigenvalue weighted by Gasteiger charge is 2.03. The van der Waals surface area contributed by atoms with Crippen molar-refractivity contribution in [1.82, 2.24) is 5.32 Å². The SMILES string of the molecule is O=C(O)COCC(=O)NCCOCCOCCOCCOCCOCCOCCOCCOCCOCCOCCCCCCCl. The van der Waals surface area contributed by atoms with Gasteiger partial charge in [-0.05, 0) is 12.8 Å². The van der Waals surface area contributed by atoms with Gasteiger partial charge in [-0.15, -0.1) is 11.6 Å². The summed E-state index contributed by atoms with van der Waals surface area (Å²) in [6.07, 6.45) is 4.47. The van der Waals surface area contributed by atoms with E-state index in [0.717, 1.165) is 38.2 Å². The summed E-state index contributed by atoms with van der Waals surface area (Å²) in [5, 5.41) is 11.0. The van der Waals surface area contributed by atoms with Crippen LogP contribution < -0.4 is 5.32 Å². The second-order valence-electron chi connectivity index (χ2n) is 9.46. The van der Waals surface area contributed by atoms with Crippen molar-refractivity contribution in [2.24, 2.45) is 0 Å². The Balaban J connectivity index is 3.08. The van der Waals surface area contributed by atoms with Crippen LogP contribution in [0.15, 0.2) is 0 Å². The van der Waals surface area contributed by atoms with Crippen LogP contribution in [0, 0.1) is 0 Å². The largest absolute Gasteiger partial charge is 0.480 e. The Bertz CT molecular complexity index is 638. The lowest BCUT2D eigenvalue weighted by Gasteiger charge is -2.09. The Kier molecular flexibility index (Phi) is 38.9. The molecule has 274 valence electrons. The van der Waals surface area contributed by atoms with E-state index < -0.39 is 18.5 Å². The van der Waals surface area contributed by atoms with E-state index in [1.54, 1.807) is 0 Å². The summed E-state index contributed by atoms with van der Waals surface area (Å²) in [6, 6.07) is 0. The average Bonchev–Trinajstić information content (AvgIpc) is 3.04. The summed E-state index contributed by atoms with van der Waals surface area (Å²) in [4.78, 5) is 21.6. The zero-order valence-corrected chi connectivity index (χ0v) is 28.2. The molecule has 0 saturated carbocycles. The molecular weight excluding hydrogens is 634 g/mol. The molecule has 0 radical (unpaired) electrons. The number of ether oxygens (including phenoxy) is 11. The van der Waals surface area contributed by atoms with E-state index in [4.69, 9.17) is 64.1 Å². The topological polar surface area (TPSA) is 168 Å². The van der Waals surface area contributed by atoms with Gasteiger partial charge in [0.2, 0.25) is 5.91 Å². The van der Waals surface area contributed by atoms with Crippen molar-refractivity contribution >= 4 is 23.5 Å². The normalized spacial score (nSPS) is 11.3. The number of hydrogen-bond donors (Lipinski definition) is 2. The molecule has 0 aromatic heterocycles. The first-order valence-electron chi connectivity index (χ1n) is 16.1. The van der Waals surface area contributed by atoms with Crippen LogP contribution in [0.25, 0.3) is 0 Å². The molecule has 16 heteroatoms. The third-order valence-corrected chi connectivity index (χ3v) is 5.81. The summed E-state index contributed by atoms with van der Waals surface area (Å²) in [5.41, 5.74) is 0. The second kappa shape index (κ2) is 40.0. The minimum atomic E-state index is -1.12. The van der Waals surface area contributed by atoms with Crippen LogP contribution in [0.4, 0.5) is 0 Å². The number of alkyl halides is 1. The van der Waals surface area contributed by atoms with Gasteiger partial charge in [0.1, 0.15) is 13.2 Å². The number of aliphatic carboxylic acids is 1. The average molecular weight is 692 g/mol. The number of carboxylic acids is 1. The number of rotatable bonds is 40. The zero-order valence-electron chi connectivity index (χ0n) is 27.4. The van der Waals surface area contributed by atoms with Gasteiger partial charge >= 0.3 is 5.97 Å². The summed E-state index contributed by atoms with van der Waals surface area (Å²) in [5.74, 6) is -0.782. The third-order valence-electron chi connectivity index (χ3n) is 5.55. The van der Waals surface area contributed by atoms with Gasteiger partial charge in [-0.25, -0.2) is 4.79 Å². The quantitative estimate of drug-likeness (QED) is 0.0694. The number of nitrogens with one attached hydrogen (secondary N) is 1. The molecule has 0 bridgehead atoms. The molecular formula is C30H58ClNO14. The summed E-state index contributed by atoms with van der Waals surface area (Å²) in [6.45, 7) is 9.41. The lowest BCUT2D eigenvalue weighted by atomic mass is 10.2. The van der Waals surface area contributed by atoms with Gasteiger partial charge in [-0.3, -0.25) is 4.79 Å². The number of amides is 1. The molecule has 0 aromatic rings. The van der Waals surface area contributed by atoms with Gasteiger partial charge in [-0.2, -0.15) is 0 Å². The van der Waals surface area contributed by atoms with Crippen LogP contribution in [-0.2, 0) is 61.7 Å². The van der Waals surface area contributed by atoms with Crippen LogP contribution in [0.3, 0.4) is 0 Å². The molecule has 2 N–H and O–H groups in total. The maximum absolute atomic E-state index is 11.4. The number of hydrogen-bond acceptors (Lipinski definition) is 13. The van der Waals surface area contributed by atoms with Crippen LogP contribution in [-0.4, -0.2) is 175 Å². The molecule has 1 amide bonds. The Labute approximate surface area is 279 Å². The number of unbranched alkanes of at least 4 members (excludes halogenated alkanes) is 3. The Morgan fingerprint density at radius 2 is 0.739 bits per heavy atom. The fourth-order valence-corrected chi connectivity index (χ4v) is 3.47. The van der Waals surface area contributed by atoms with Gasteiger partial charge in [0.05, 0.1) is 126 Å². The van der Waals surface area contributed by atoms with Crippen molar-refractivity contribution in [1.29, 1.82) is 0 Å². The Morgan fingerprint density at radius 3 is 1.09 bits per heavy atom. The third kappa shape index (κ3) is 40.8. The van der Waals surface area contributed by atoms with E-state index in [0.29, 0.717) is 132 Å². The molecule has 0 unspecified atom stereocenters. The Hall–Kier alpha value is -1.21. The van der Waals surface area contributed by atoms with E-state index in [2.05, 4.69) is 10.1 Å². The van der Waals surface area contributed by atoms with Gasteiger partial charge in [0.25, 0.3) is 0 Å². The van der Waals surface area contributed by atoms with Crippen molar-refractivity contribution in [2.75, 3.05) is 158 Å². The van der Waals surface area contributed by atoms with Gasteiger partial charge in [0, 0.05) is 19.0 Å². The molecule has 46 heavy (non-hydrogen) atoms. The van der Waals surface area contributed by atoms with E-state index in [1.165, 1.54) is 0 Å². The maximum atomic E-state index is 11.4. The molecule has 0 rings (SSSR count). The first-order valence-corrected chi connectivity index (χ1v) is 16.6. The van der Waals surface area contributed by atoms with E-state index in [9.17, 15) is 9.59 Å². The van der Waals surface area contributed by atoms with Crippen LogP contribution >= 0.6 is 11.6 Å². The highest BCUT2D eigenvalue weighted by Crippen LogP contribution is 2.01. The summed E-state index contributed by atoms with van der Waals surface area (Å²) < 4.78 is 59.1. The second-order valence-corrected chi connectivity index (χ2v) is 9.84. The number of carboxylic acid groups (broad SMARTS) is 1. The van der Waals surface area contributed by atoms with Gasteiger partial charge in [0.15, 0.2) is 0 Å². The highest BCUT2D eigenvalue weighted by molar-refractivity contribution is 6.17. The fraction of sp³-hybridized carbons (Fsp3) is 0.933. The number of halogens is 1. The fourth-order valence-electron chi connectivity index (χ4n) is 3.28. The monoisotopic (exact) mass is 691 g/mol. The lowest BCUT2D eigenvalue weighted by molar-refractivity contribution is -0.143. The molecule has 0 aliphatic heterocycles. The minimum absolute atomic E-state index is 0.300. The van der Waals surface area contributed by atoms with E-state index >= 15 is 0 Å². The van der Waals surface area contributed by atoms with Crippen molar-refractivity contribution in [3.8, 4) is 0 Å². The number of carbonyl (C=O) groups is 2. The van der Waals surface area contributed by atoms with Crippen LogP contribution in [0.1, 0.15) is 25.7 Å². The van der Waals surface area contributed by atoms with Crippen molar-refractivity contribution in [3.63, 3.8) is 0 Å². The molecule has 0 heterocycles. The summed E-state index contributed by atoms with van der Waals surface area (Å²) in [7, 11) is 0. The highest BCUT2D eigenvalue weighted by atomic mass is 35.5. The predicted molar refractivity (Wildman–Crippen MR) is 169 cm³/mol. The van der Waals surface area contributed by atoms with Gasteiger partial charge in [-0.1, -0.05) is 12.8 Å². The van der Waals surface area contributed by atoms with Crippen molar-refractivity contribution in [3.05, 3.63) is 0 Å². The van der Waals surface area contributed by atoms with Gasteiger partial charge < -0.3 is 62.5 Å². The molecule has 0 fully saturated rings. The first-order chi connectivity index (χ1) is 22.7. The molecule has 0 saturated heterocycles. The smallest absolute Gasteiger partial charge is 0.329 e. The van der Waals surface area contributed by atoms with E-state index in [-0.39, 0.29) is 6.61 Å². The van der Waals surface area contributed by atoms with Crippen LogP contribution in [0.2, 0.25) is 0 Å². The molecule has 15 nitrogen and oxygen atoms in total. The molecule has 0 spiro atoms. The molecule has 0 aliphatic rings. The van der Waals surface area contributed by atoms with Crippen LogP contribution in [0.5, 0.6) is 0 Å². The Morgan fingerprint density at radius 1 is 0.413 bits per heavy atom. The van der Waals surface area contributed by atoms with Crippen molar-refractivity contribution in [2.45, 2.75) is 25.7 Å². The predicted octanol–water partition coefficient (Wildman–Crippen LogP) is 1.17. The lowest BCUT2D eigenvalue weighted by Crippen LogP contribution is -2.31. The minimum Gasteiger partial charge on any atom is -0.480 e. The molecule has 0 atom stereocenters. The van der Waals surface area contributed by atoms with E-state index in [1.807, 2.05) is 0 Å². The number of carbonyl (C=O) groups excluding carboxylic acids is 1. The molecule has 0 aromatic carbocycles. The zero-order chi connectivity index (χ0) is 33.4.